The lowest BCUT2D eigenvalue weighted by Crippen LogP contribution is -2.53. The Hall–Kier alpha value is -4.21. The number of carbonyl (C=O) groups excluding carboxylic acids is 1. The third-order valence-electron chi connectivity index (χ3n) is 7.86. The Bertz CT molecular complexity index is 1680. The van der Waals surface area contributed by atoms with Crippen molar-refractivity contribution < 1.29 is 13.6 Å². The van der Waals surface area contributed by atoms with E-state index in [1.165, 1.54) is 18.2 Å². The molecule has 4 aromatic rings. The summed E-state index contributed by atoms with van der Waals surface area (Å²) in [5.74, 6) is -1.04. The fourth-order valence-corrected chi connectivity index (χ4v) is 6.06. The minimum Gasteiger partial charge on any atom is -0.336 e. The molecule has 4 heterocycles. The minimum atomic E-state index is -0.708. The second-order valence-electron chi connectivity index (χ2n) is 10.6. The molecule has 0 radical (unpaired) electrons. The van der Waals surface area contributed by atoms with Crippen molar-refractivity contribution in [3.05, 3.63) is 106 Å². The lowest BCUT2D eigenvalue weighted by Gasteiger charge is -2.33. The molecule has 1 aromatic heterocycles. The summed E-state index contributed by atoms with van der Waals surface area (Å²) >= 11 is 6.31. The zero-order valence-corrected chi connectivity index (χ0v) is 22.6. The molecule has 2 N–H and O–H groups in total. The van der Waals surface area contributed by atoms with Crippen LogP contribution in [0.4, 0.5) is 20.4 Å². The van der Waals surface area contributed by atoms with Crippen LogP contribution in [0.1, 0.15) is 39.9 Å². The Balaban J connectivity index is 1.17. The number of halogens is 3. The van der Waals surface area contributed by atoms with Gasteiger partial charge >= 0.3 is 0 Å². The van der Waals surface area contributed by atoms with Gasteiger partial charge in [0, 0.05) is 64.3 Å². The largest absolute Gasteiger partial charge is 0.336 e. The molecule has 0 aliphatic carbocycles. The van der Waals surface area contributed by atoms with E-state index in [-0.39, 0.29) is 23.7 Å². The van der Waals surface area contributed by atoms with Crippen LogP contribution in [0, 0.1) is 11.6 Å². The van der Waals surface area contributed by atoms with Crippen LogP contribution >= 0.6 is 11.6 Å². The monoisotopic (exact) mass is 570 g/mol. The number of anilines is 2. The van der Waals surface area contributed by atoms with Crippen LogP contribution in [-0.4, -0.2) is 51.7 Å². The summed E-state index contributed by atoms with van der Waals surface area (Å²) in [6.07, 6.45) is 3.88. The van der Waals surface area contributed by atoms with Crippen molar-refractivity contribution in [2.75, 3.05) is 18.4 Å². The van der Waals surface area contributed by atoms with Crippen LogP contribution in [0.2, 0.25) is 5.02 Å². The van der Waals surface area contributed by atoms with Gasteiger partial charge in [-0.3, -0.25) is 9.79 Å². The normalized spacial score (nSPS) is 19.2. The number of hydrogen-bond acceptors (Lipinski definition) is 6. The van der Waals surface area contributed by atoms with Gasteiger partial charge in [-0.05, 0) is 61.4 Å². The Kier molecular flexibility index (Phi) is 6.48. The van der Waals surface area contributed by atoms with E-state index >= 15 is 0 Å². The Morgan fingerprint density at radius 2 is 1.71 bits per heavy atom. The van der Waals surface area contributed by atoms with Crippen molar-refractivity contribution in [3.8, 4) is 11.3 Å². The summed E-state index contributed by atoms with van der Waals surface area (Å²) in [6.45, 7) is 1.61. The first-order valence-electron chi connectivity index (χ1n) is 13.5. The molecule has 2 saturated heterocycles. The molecule has 10 heteroatoms. The van der Waals surface area contributed by atoms with Crippen LogP contribution in [0.25, 0.3) is 11.3 Å². The first-order chi connectivity index (χ1) is 19.9. The van der Waals surface area contributed by atoms with Gasteiger partial charge in [0.15, 0.2) is 0 Å². The van der Waals surface area contributed by atoms with Crippen LogP contribution in [0.5, 0.6) is 0 Å². The van der Waals surface area contributed by atoms with Gasteiger partial charge in [0.25, 0.3) is 5.91 Å². The summed E-state index contributed by atoms with van der Waals surface area (Å²) in [5.41, 5.74) is 3.73. The lowest BCUT2D eigenvalue weighted by atomic mass is 9.95. The molecule has 7 nitrogen and oxygen atoms in total. The Morgan fingerprint density at radius 3 is 2.44 bits per heavy atom. The summed E-state index contributed by atoms with van der Waals surface area (Å²) < 4.78 is 29.6. The van der Waals surface area contributed by atoms with Crippen LogP contribution in [-0.2, 0) is 6.54 Å². The zero-order chi connectivity index (χ0) is 28.1. The van der Waals surface area contributed by atoms with E-state index < -0.39 is 11.6 Å². The number of carbonyl (C=O) groups is 1. The topological polar surface area (TPSA) is 82.5 Å². The maximum atomic E-state index is 14.8. The zero-order valence-electron chi connectivity index (χ0n) is 21.9. The van der Waals surface area contributed by atoms with E-state index in [4.69, 9.17) is 16.6 Å². The number of aliphatic imine (C=N–C) groups is 1. The maximum Gasteiger partial charge on any atom is 0.253 e. The summed E-state index contributed by atoms with van der Waals surface area (Å²) in [7, 11) is 0. The predicted molar refractivity (Wildman–Crippen MR) is 154 cm³/mol. The van der Waals surface area contributed by atoms with Crippen LogP contribution in [0.15, 0.2) is 71.9 Å². The molecule has 0 saturated carbocycles. The molecule has 2 fully saturated rings. The fraction of sp³-hybridized carbons (Fsp3) is 0.226. The SMILES string of the molecule is O=C(c1ccc(Nc2ncc3c(n2)-c2ccc(Cl)cc2C(c2c(F)cccc2F)=NC3)cc1)N1CC2CCC(C1)N2. The van der Waals surface area contributed by atoms with E-state index in [2.05, 4.69) is 20.6 Å². The maximum absolute atomic E-state index is 14.8. The van der Waals surface area contributed by atoms with Crippen molar-refractivity contribution >= 4 is 34.9 Å². The molecule has 41 heavy (non-hydrogen) atoms. The summed E-state index contributed by atoms with van der Waals surface area (Å²) in [4.78, 5) is 28.8. The predicted octanol–water partition coefficient (Wildman–Crippen LogP) is 5.75. The number of nitrogens with zero attached hydrogens (tertiary/aromatic N) is 4. The number of fused-ring (bicyclic) bond motifs is 5. The van der Waals surface area contributed by atoms with Crippen molar-refractivity contribution in [2.45, 2.75) is 31.5 Å². The number of likely N-dealkylation sites (tertiary alicyclic amines) is 1. The number of amides is 1. The lowest BCUT2D eigenvalue weighted by molar-refractivity contribution is 0.0697. The highest BCUT2D eigenvalue weighted by Crippen LogP contribution is 2.35. The van der Waals surface area contributed by atoms with Crippen molar-refractivity contribution in [2.24, 2.45) is 4.99 Å². The second kappa shape index (κ2) is 10.3. The number of benzene rings is 3. The average molecular weight is 571 g/mol. The van der Waals surface area contributed by atoms with Crippen LogP contribution < -0.4 is 10.6 Å². The molecule has 3 aliphatic rings. The van der Waals surface area contributed by atoms with E-state index in [1.807, 2.05) is 17.0 Å². The molecular weight excluding hydrogens is 546 g/mol. The smallest absolute Gasteiger partial charge is 0.253 e. The standard InChI is InChI=1S/C31H25ClF2N6O/c32-19-6-11-23-24(12-19)29(27-25(33)2-1-3-26(27)34)35-13-18-14-36-31(39-28(18)23)38-20-7-4-17(5-8-20)30(41)40-15-21-9-10-22(16-40)37-21/h1-8,11-12,14,21-22,37H,9-10,13,15-16H2,(H,36,38,39). The third-order valence-corrected chi connectivity index (χ3v) is 8.09. The first kappa shape index (κ1) is 25.7. The molecule has 2 bridgehead atoms. The molecule has 3 aliphatic heterocycles. The number of hydrogen-bond donors (Lipinski definition) is 2. The number of aromatic nitrogens is 2. The van der Waals surface area contributed by atoms with E-state index in [1.54, 1.807) is 36.5 Å². The highest BCUT2D eigenvalue weighted by Gasteiger charge is 2.34. The molecule has 7 rings (SSSR count). The fourth-order valence-electron chi connectivity index (χ4n) is 5.89. The highest BCUT2D eigenvalue weighted by molar-refractivity contribution is 6.31. The summed E-state index contributed by atoms with van der Waals surface area (Å²) in [5, 5.41) is 7.16. The Labute approximate surface area is 240 Å². The van der Waals surface area contributed by atoms with Gasteiger partial charge < -0.3 is 15.5 Å². The number of piperazine rings is 1. The van der Waals surface area contributed by atoms with Crippen molar-refractivity contribution in [1.29, 1.82) is 0 Å². The molecule has 2 unspecified atom stereocenters. The second-order valence-corrected chi connectivity index (χ2v) is 11.0. The van der Waals surface area contributed by atoms with Gasteiger partial charge in [0.05, 0.1) is 23.5 Å². The summed E-state index contributed by atoms with van der Waals surface area (Å²) in [6, 6.07) is 16.9. The van der Waals surface area contributed by atoms with Crippen molar-refractivity contribution in [3.63, 3.8) is 0 Å². The van der Waals surface area contributed by atoms with Gasteiger partial charge in [-0.15, -0.1) is 0 Å². The molecule has 2 atom stereocenters. The quantitative estimate of drug-likeness (QED) is 0.327. The van der Waals surface area contributed by atoms with E-state index in [0.717, 1.165) is 31.6 Å². The van der Waals surface area contributed by atoms with Gasteiger partial charge in [-0.25, -0.2) is 18.7 Å². The number of rotatable bonds is 4. The third kappa shape index (κ3) is 4.85. The van der Waals surface area contributed by atoms with Gasteiger partial charge in [0.1, 0.15) is 11.6 Å². The highest BCUT2D eigenvalue weighted by atomic mass is 35.5. The first-order valence-corrected chi connectivity index (χ1v) is 13.9. The number of nitrogens with one attached hydrogen (secondary N) is 2. The molecule has 206 valence electrons. The van der Waals surface area contributed by atoms with Crippen molar-refractivity contribution in [1.82, 2.24) is 20.2 Å². The average Bonchev–Trinajstić information content (AvgIpc) is 3.23. The molecular formula is C31H25ClF2N6O. The van der Waals surface area contributed by atoms with Gasteiger partial charge in [0.2, 0.25) is 5.95 Å². The molecule has 3 aromatic carbocycles. The molecule has 0 spiro atoms. The molecule has 1 amide bonds. The van der Waals surface area contributed by atoms with Gasteiger partial charge in [-0.1, -0.05) is 23.7 Å². The van der Waals surface area contributed by atoms with E-state index in [0.29, 0.717) is 51.0 Å². The van der Waals surface area contributed by atoms with Gasteiger partial charge in [-0.2, -0.15) is 0 Å². The Morgan fingerprint density at radius 1 is 0.976 bits per heavy atom. The van der Waals surface area contributed by atoms with E-state index in [9.17, 15) is 13.6 Å². The van der Waals surface area contributed by atoms with Crippen LogP contribution in [0.3, 0.4) is 0 Å². The minimum absolute atomic E-state index is 0.0357.